The normalized spacial score (nSPS) is 12.3. The number of nitrogens with zero attached hydrogens (tertiary/aromatic N) is 1. The van der Waals surface area contributed by atoms with E-state index in [0.717, 1.165) is 0 Å². The molecule has 0 aliphatic carbocycles. The van der Waals surface area contributed by atoms with Crippen LogP contribution in [0, 0.1) is 5.82 Å². The minimum atomic E-state index is -0.761. The number of nitrogen functional groups attached to an aromatic ring is 1. The van der Waals surface area contributed by atoms with Crippen LogP contribution in [-0.4, -0.2) is 15.8 Å². The van der Waals surface area contributed by atoms with Crippen molar-refractivity contribution in [2.45, 2.75) is 11.0 Å². The average Bonchev–Trinajstić information content (AvgIpc) is 2.38. The van der Waals surface area contributed by atoms with Crippen molar-refractivity contribution in [1.29, 1.82) is 0 Å². The molecule has 18 heavy (non-hydrogen) atoms. The fraction of sp³-hybridized carbons (Fsp3) is 0.154. The van der Waals surface area contributed by atoms with Crippen molar-refractivity contribution in [3.05, 3.63) is 54.0 Å². The molecule has 0 bridgehead atoms. The van der Waals surface area contributed by atoms with E-state index in [1.807, 2.05) is 0 Å². The lowest BCUT2D eigenvalue weighted by Crippen LogP contribution is -2.06. The predicted octanol–water partition coefficient (Wildman–Crippen LogP) is 2.63. The van der Waals surface area contributed by atoms with Gasteiger partial charge in [-0.05, 0) is 18.2 Å². The van der Waals surface area contributed by atoms with Gasteiger partial charge in [0.15, 0.2) is 0 Å². The van der Waals surface area contributed by atoms with Crippen LogP contribution in [-0.2, 0) is 0 Å². The van der Waals surface area contributed by atoms with Gasteiger partial charge in [-0.1, -0.05) is 18.2 Å². The van der Waals surface area contributed by atoms with Crippen LogP contribution in [0.2, 0.25) is 0 Å². The number of rotatable bonds is 4. The van der Waals surface area contributed by atoms with E-state index in [0.29, 0.717) is 22.0 Å². The summed E-state index contributed by atoms with van der Waals surface area (Å²) in [7, 11) is 0. The second kappa shape index (κ2) is 5.84. The van der Waals surface area contributed by atoms with Crippen LogP contribution in [0.4, 0.5) is 10.2 Å². The summed E-state index contributed by atoms with van der Waals surface area (Å²) in [5.74, 6) is 0.351. The minimum absolute atomic E-state index is 0.283. The highest BCUT2D eigenvalue weighted by Gasteiger charge is 2.12. The third-order valence-electron chi connectivity index (χ3n) is 2.46. The Balaban J connectivity index is 2.03. The molecular weight excluding hydrogens is 251 g/mol. The number of benzene rings is 1. The van der Waals surface area contributed by atoms with Crippen molar-refractivity contribution < 1.29 is 9.50 Å². The van der Waals surface area contributed by atoms with Gasteiger partial charge in [0.25, 0.3) is 0 Å². The van der Waals surface area contributed by atoms with Gasteiger partial charge in [0, 0.05) is 22.4 Å². The van der Waals surface area contributed by atoms with Crippen LogP contribution in [0.3, 0.4) is 0 Å². The summed E-state index contributed by atoms with van der Waals surface area (Å²) in [5.41, 5.74) is 6.24. The number of aromatic nitrogens is 1. The maximum absolute atomic E-state index is 13.4. The van der Waals surface area contributed by atoms with E-state index in [4.69, 9.17) is 5.73 Å². The Morgan fingerprint density at radius 2 is 2.06 bits per heavy atom. The number of nitrogens with two attached hydrogens (primary N) is 1. The maximum atomic E-state index is 13.4. The molecule has 3 nitrogen and oxygen atoms in total. The molecule has 1 aromatic carbocycles. The Kier molecular flexibility index (Phi) is 4.17. The molecule has 0 saturated heterocycles. The molecule has 2 aromatic rings. The van der Waals surface area contributed by atoms with Crippen molar-refractivity contribution in [2.24, 2.45) is 0 Å². The molecule has 1 atom stereocenters. The number of halogens is 1. The number of aliphatic hydroxyl groups is 1. The lowest BCUT2D eigenvalue weighted by atomic mass is 10.2. The molecule has 1 heterocycles. The Hall–Kier alpha value is -1.59. The summed E-state index contributed by atoms with van der Waals surface area (Å²) >= 11 is 1.25. The van der Waals surface area contributed by atoms with Crippen molar-refractivity contribution in [1.82, 2.24) is 4.98 Å². The van der Waals surface area contributed by atoms with Crippen LogP contribution in [0.15, 0.2) is 47.5 Å². The van der Waals surface area contributed by atoms with Crippen molar-refractivity contribution in [2.75, 3.05) is 11.5 Å². The Labute approximate surface area is 109 Å². The molecule has 1 unspecified atom stereocenters. The van der Waals surface area contributed by atoms with Gasteiger partial charge in [-0.2, -0.15) is 0 Å². The zero-order chi connectivity index (χ0) is 13.0. The van der Waals surface area contributed by atoms with Gasteiger partial charge in [-0.25, -0.2) is 9.37 Å². The number of hydrogen-bond donors (Lipinski definition) is 2. The number of pyridine rings is 1. The topological polar surface area (TPSA) is 59.1 Å². The molecule has 0 fully saturated rings. The van der Waals surface area contributed by atoms with E-state index in [-0.39, 0.29) is 5.82 Å². The smallest absolute Gasteiger partial charge is 0.136 e. The lowest BCUT2D eigenvalue weighted by Gasteiger charge is -2.12. The van der Waals surface area contributed by atoms with Crippen LogP contribution in [0.5, 0.6) is 0 Å². The molecule has 5 heteroatoms. The van der Waals surface area contributed by atoms with Gasteiger partial charge in [0.2, 0.25) is 0 Å². The Bertz CT molecular complexity index is 536. The molecule has 0 aliphatic rings. The van der Waals surface area contributed by atoms with E-state index >= 15 is 0 Å². The molecule has 94 valence electrons. The largest absolute Gasteiger partial charge is 0.387 e. The second-order valence-corrected chi connectivity index (χ2v) is 4.80. The number of thioether (sulfide) groups is 1. The van der Waals surface area contributed by atoms with Crippen molar-refractivity contribution in [3.8, 4) is 0 Å². The van der Waals surface area contributed by atoms with E-state index in [1.165, 1.54) is 17.8 Å². The maximum Gasteiger partial charge on any atom is 0.136 e. The first kappa shape index (κ1) is 12.9. The quantitative estimate of drug-likeness (QED) is 0.833. The third-order valence-corrected chi connectivity index (χ3v) is 3.59. The van der Waals surface area contributed by atoms with Crippen LogP contribution < -0.4 is 5.73 Å². The third kappa shape index (κ3) is 3.00. The highest BCUT2D eigenvalue weighted by molar-refractivity contribution is 7.99. The Morgan fingerprint density at radius 1 is 1.28 bits per heavy atom. The Morgan fingerprint density at radius 3 is 2.78 bits per heavy atom. The zero-order valence-electron chi connectivity index (χ0n) is 9.58. The number of aliphatic hydroxyl groups excluding tert-OH is 1. The monoisotopic (exact) mass is 264 g/mol. The second-order valence-electron chi connectivity index (χ2n) is 3.74. The predicted molar refractivity (Wildman–Crippen MR) is 70.7 cm³/mol. The molecule has 0 amide bonds. The first-order valence-corrected chi connectivity index (χ1v) is 6.43. The summed E-state index contributed by atoms with van der Waals surface area (Å²) in [4.78, 5) is 4.42. The highest BCUT2D eigenvalue weighted by Crippen LogP contribution is 2.28. The van der Waals surface area contributed by atoms with Crippen molar-refractivity contribution in [3.63, 3.8) is 0 Å². The van der Waals surface area contributed by atoms with Gasteiger partial charge in [0.05, 0.1) is 6.10 Å². The van der Waals surface area contributed by atoms with Crippen LogP contribution >= 0.6 is 11.8 Å². The molecular formula is C13H13FN2OS. The van der Waals surface area contributed by atoms with Crippen molar-refractivity contribution >= 4 is 17.6 Å². The summed E-state index contributed by atoms with van der Waals surface area (Å²) in [5, 5.41) is 9.99. The molecule has 2 rings (SSSR count). The molecule has 0 spiro atoms. The number of anilines is 1. The minimum Gasteiger partial charge on any atom is -0.387 e. The summed E-state index contributed by atoms with van der Waals surface area (Å²) in [6, 6.07) is 9.90. The van der Waals surface area contributed by atoms with Crippen LogP contribution in [0.25, 0.3) is 0 Å². The SMILES string of the molecule is Nc1ncccc1C(O)CSc1ccccc1F. The standard InChI is InChI=1S/C13H13FN2OS/c14-10-5-1-2-6-12(10)18-8-11(17)9-4-3-7-16-13(9)15/h1-7,11,17H,8H2,(H2,15,16). The molecule has 0 radical (unpaired) electrons. The van der Waals surface area contributed by atoms with E-state index in [9.17, 15) is 9.50 Å². The summed E-state index contributed by atoms with van der Waals surface area (Å²) in [6.45, 7) is 0. The molecule has 0 aliphatic heterocycles. The molecule has 1 aromatic heterocycles. The molecule has 3 N–H and O–H groups in total. The van der Waals surface area contributed by atoms with E-state index in [2.05, 4.69) is 4.98 Å². The van der Waals surface area contributed by atoms with Gasteiger partial charge in [-0.15, -0.1) is 11.8 Å². The summed E-state index contributed by atoms with van der Waals surface area (Å²) < 4.78 is 13.4. The zero-order valence-corrected chi connectivity index (χ0v) is 10.4. The summed E-state index contributed by atoms with van der Waals surface area (Å²) in [6.07, 6.45) is 0.804. The fourth-order valence-electron chi connectivity index (χ4n) is 1.53. The van der Waals surface area contributed by atoms with Gasteiger partial charge < -0.3 is 10.8 Å². The first-order valence-electron chi connectivity index (χ1n) is 5.44. The van der Waals surface area contributed by atoms with Gasteiger partial charge in [-0.3, -0.25) is 0 Å². The number of hydrogen-bond acceptors (Lipinski definition) is 4. The van der Waals surface area contributed by atoms with Crippen LogP contribution in [0.1, 0.15) is 11.7 Å². The van der Waals surface area contributed by atoms with E-state index in [1.54, 1.807) is 36.5 Å². The fourth-order valence-corrected chi connectivity index (χ4v) is 2.43. The van der Waals surface area contributed by atoms with E-state index < -0.39 is 6.10 Å². The lowest BCUT2D eigenvalue weighted by molar-refractivity contribution is 0.204. The highest BCUT2D eigenvalue weighted by atomic mass is 32.2. The average molecular weight is 264 g/mol. The van der Waals surface area contributed by atoms with Gasteiger partial charge in [0.1, 0.15) is 11.6 Å². The first-order chi connectivity index (χ1) is 8.68. The molecule has 0 saturated carbocycles. The van der Waals surface area contributed by atoms with Gasteiger partial charge >= 0.3 is 0 Å².